The summed E-state index contributed by atoms with van der Waals surface area (Å²) < 4.78 is 42.2. The summed E-state index contributed by atoms with van der Waals surface area (Å²) >= 11 is 0. The Balaban J connectivity index is 1.55. The van der Waals surface area contributed by atoms with E-state index in [-0.39, 0.29) is 11.5 Å². The zero-order valence-corrected chi connectivity index (χ0v) is 14.3. The third-order valence-corrected chi connectivity index (χ3v) is 4.80. The van der Waals surface area contributed by atoms with Gasteiger partial charge < -0.3 is 4.74 Å². The maximum absolute atomic E-state index is 12.8. The molecular weight excluding hydrogens is 359 g/mol. The number of nitrogens with one attached hydrogen (secondary N) is 2. The van der Waals surface area contributed by atoms with Crippen molar-refractivity contribution in [2.75, 3.05) is 6.61 Å². The van der Waals surface area contributed by atoms with Crippen LogP contribution in [-0.4, -0.2) is 20.9 Å². The third kappa shape index (κ3) is 4.35. The lowest BCUT2D eigenvalue weighted by Gasteiger charge is -2.10. The first kappa shape index (κ1) is 17.8. The van der Waals surface area contributed by atoms with Gasteiger partial charge in [-0.05, 0) is 47.2 Å². The highest BCUT2D eigenvalue weighted by Crippen LogP contribution is 2.20. The van der Waals surface area contributed by atoms with E-state index in [1.807, 2.05) is 40.6 Å². The Bertz CT molecular complexity index is 1040. The SMILES string of the molecule is O=C(COc1ccc2ccccc2c1)NNS(=O)(=O)c1ccc(F)cc1. The second-order valence-corrected chi connectivity index (χ2v) is 7.09. The van der Waals surface area contributed by atoms with Crippen molar-refractivity contribution >= 4 is 26.7 Å². The average molecular weight is 374 g/mol. The molecule has 0 aromatic heterocycles. The molecule has 1 amide bonds. The van der Waals surface area contributed by atoms with Crippen molar-refractivity contribution in [2.45, 2.75) is 4.90 Å². The largest absolute Gasteiger partial charge is 0.484 e. The summed E-state index contributed by atoms with van der Waals surface area (Å²) in [6.07, 6.45) is 0. The van der Waals surface area contributed by atoms with Crippen molar-refractivity contribution in [3.05, 3.63) is 72.5 Å². The second kappa shape index (κ2) is 7.51. The quantitative estimate of drug-likeness (QED) is 0.649. The van der Waals surface area contributed by atoms with Gasteiger partial charge in [-0.15, -0.1) is 4.83 Å². The average Bonchev–Trinajstić information content (AvgIpc) is 2.65. The maximum Gasteiger partial charge on any atom is 0.272 e. The summed E-state index contributed by atoms with van der Waals surface area (Å²) in [5.41, 5.74) is 2.05. The standard InChI is InChI=1S/C18H15FN2O4S/c19-15-6-9-17(10-7-15)26(23,24)21-20-18(22)12-25-16-8-5-13-3-1-2-4-14(13)11-16/h1-11,21H,12H2,(H,20,22). The molecule has 0 saturated heterocycles. The van der Waals surface area contributed by atoms with Crippen LogP contribution in [0.5, 0.6) is 5.75 Å². The van der Waals surface area contributed by atoms with Gasteiger partial charge in [-0.2, -0.15) is 0 Å². The summed E-state index contributed by atoms with van der Waals surface area (Å²) in [6, 6.07) is 17.3. The normalized spacial score (nSPS) is 11.3. The van der Waals surface area contributed by atoms with Gasteiger partial charge in [0, 0.05) is 0 Å². The monoisotopic (exact) mass is 374 g/mol. The molecule has 0 aliphatic carbocycles. The Morgan fingerprint density at radius 3 is 2.38 bits per heavy atom. The number of sulfonamides is 1. The van der Waals surface area contributed by atoms with Crippen molar-refractivity contribution in [3.63, 3.8) is 0 Å². The first-order valence-electron chi connectivity index (χ1n) is 7.62. The fourth-order valence-electron chi connectivity index (χ4n) is 2.24. The number of ether oxygens (including phenoxy) is 1. The van der Waals surface area contributed by atoms with E-state index in [2.05, 4.69) is 0 Å². The second-order valence-electron chi connectivity index (χ2n) is 5.41. The Labute approximate surface area is 149 Å². The minimum atomic E-state index is -3.99. The van der Waals surface area contributed by atoms with Gasteiger partial charge in [-0.3, -0.25) is 10.2 Å². The number of carbonyl (C=O) groups is 1. The van der Waals surface area contributed by atoms with Crippen LogP contribution in [0.3, 0.4) is 0 Å². The van der Waals surface area contributed by atoms with E-state index in [9.17, 15) is 17.6 Å². The number of benzene rings is 3. The lowest BCUT2D eigenvalue weighted by Crippen LogP contribution is -2.43. The van der Waals surface area contributed by atoms with E-state index in [4.69, 9.17) is 4.74 Å². The Morgan fingerprint density at radius 2 is 1.65 bits per heavy atom. The molecule has 0 atom stereocenters. The summed E-state index contributed by atoms with van der Waals surface area (Å²) in [5, 5.41) is 2.00. The van der Waals surface area contributed by atoms with Gasteiger partial charge in [0.25, 0.3) is 15.9 Å². The highest BCUT2D eigenvalue weighted by atomic mass is 32.2. The number of fused-ring (bicyclic) bond motifs is 1. The summed E-state index contributed by atoms with van der Waals surface area (Å²) in [4.78, 5) is 13.5. The van der Waals surface area contributed by atoms with E-state index in [1.54, 1.807) is 12.1 Å². The van der Waals surface area contributed by atoms with Crippen LogP contribution in [0.2, 0.25) is 0 Å². The molecule has 0 fully saturated rings. The number of hydrogen-bond acceptors (Lipinski definition) is 4. The van der Waals surface area contributed by atoms with E-state index in [1.165, 1.54) is 0 Å². The highest BCUT2D eigenvalue weighted by molar-refractivity contribution is 7.89. The Morgan fingerprint density at radius 1 is 0.962 bits per heavy atom. The first-order chi connectivity index (χ1) is 12.4. The van der Waals surface area contributed by atoms with E-state index in [0.717, 1.165) is 35.0 Å². The van der Waals surface area contributed by atoms with Gasteiger partial charge in [0.15, 0.2) is 6.61 Å². The van der Waals surface area contributed by atoms with Crippen LogP contribution in [0.1, 0.15) is 0 Å². The number of halogens is 1. The molecule has 0 spiro atoms. The van der Waals surface area contributed by atoms with Gasteiger partial charge in [-0.1, -0.05) is 30.3 Å². The highest BCUT2D eigenvalue weighted by Gasteiger charge is 2.15. The van der Waals surface area contributed by atoms with Crippen LogP contribution in [0.25, 0.3) is 10.8 Å². The van der Waals surface area contributed by atoms with Crippen LogP contribution in [0.15, 0.2) is 71.6 Å². The van der Waals surface area contributed by atoms with Crippen molar-refractivity contribution in [2.24, 2.45) is 0 Å². The topological polar surface area (TPSA) is 84.5 Å². The molecule has 134 valence electrons. The van der Waals surface area contributed by atoms with Crippen LogP contribution in [-0.2, 0) is 14.8 Å². The van der Waals surface area contributed by atoms with Crippen molar-refractivity contribution in [1.82, 2.24) is 10.3 Å². The summed E-state index contributed by atoms with van der Waals surface area (Å²) in [5.74, 6) is -0.749. The molecule has 0 radical (unpaired) electrons. The summed E-state index contributed by atoms with van der Waals surface area (Å²) in [6.45, 7) is -0.371. The minimum absolute atomic E-state index is 0.172. The van der Waals surface area contributed by atoms with Crippen molar-refractivity contribution in [1.29, 1.82) is 0 Å². The molecule has 0 bridgehead atoms. The van der Waals surface area contributed by atoms with E-state index < -0.39 is 21.7 Å². The number of amides is 1. The number of hydrazine groups is 1. The fraction of sp³-hybridized carbons (Fsp3) is 0.0556. The third-order valence-electron chi connectivity index (χ3n) is 3.54. The molecule has 26 heavy (non-hydrogen) atoms. The van der Waals surface area contributed by atoms with Gasteiger partial charge in [0.05, 0.1) is 4.90 Å². The Hall–Kier alpha value is -2.97. The van der Waals surface area contributed by atoms with Crippen LogP contribution < -0.4 is 15.0 Å². The number of rotatable bonds is 6. The predicted octanol–water partition coefficient (Wildman–Crippen LogP) is 2.37. The molecule has 3 aromatic rings. The maximum atomic E-state index is 12.8. The zero-order valence-electron chi connectivity index (χ0n) is 13.5. The van der Waals surface area contributed by atoms with Gasteiger partial charge in [0.2, 0.25) is 0 Å². The molecule has 0 heterocycles. The lowest BCUT2D eigenvalue weighted by atomic mass is 10.1. The van der Waals surface area contributed by atoms with Crippen LogP contribution >= 0.6 is 0 Å². The fourth-order valence-corrected chi connectivity index (χ4v) is 3.10. The minimum Gasteiger partial charge on any atom is -0.484 e. The molecule has 0 aliphatic rings. The zero-order chi connectivity index (χ0) is 18.6. The Kier molecular flexibility index (Phi) is 5.15. The molecule has 3 rings (SSSR count). The van der Waals surface area contributed by atoms with Crippen molar-refractivity contribution in [3.8, 4) is 5.75 Å². The van der Waals surface area contributed by atoms with Crippen molar-refractivity contribution < 1.29 is 22.3 Å². The van der Waals surface area contributed by atoms with Gasteiger partial charge in [-0.25, -0.2) is 12.8 Å². The molecule has 3 aromatic carbocycles. The smallest absolute Gasteiger partial charge is 0.272 e. The first-order valence-corrected chi connectivity index (χ1v) is 9.10. The number of hydrogen-bond donors (Lipinski definition) is 2. The number of carbonyl (C=O) groups excluding carboxylic acids is 1. The molecule has 6 nitrogen and oxygen atoms in total. The van der Waals surface area contributed by atoms with E-state index >= 15 is 0 Å². The molecule has 8 heteroatoms. The lowest BCUT2D eigenvalue weighted by molar-refractivity contribution is -0.123. The predicted molar refractivity (Wildman–Crippen MR) is 94.3 cm³/mol. The molecule has 0 aliphatic heterocycles. The molecular formula is C18H15FN2O4S. The summed E-state index contributed by atoms with van der Waals surface area (Å²) in [7, 11) is -3.99. The molecule has 0 unspecified atom stereocenters. The van der Waals surface area contributed by atoms with Gasteiger partial charge in [0.1, 0.15) is 11.6 Å². The van der Waals surface area contributed by atoms with E-state index in [0.29, 0.717) is 5.75 Å². The molecule has 2 N–H and O–H groups in total. The molecule has 0 saturated carbocycles. The van der Waals surface area contributed by atoms with Crippen LogP contribution in [0.4, 0.5) is 4.39 Å². The van der Waals surface area contributed by atoms with Gasteiger partial charge >= 0.3 is 0 Å². The van der Waals surface area contributed by atoms with Crippen LogP contribution in [0, 0.1) is 5.82 Å².